The van der Waals surface area contributed by atoms with Gasteiger partial charge in [-0.05, 0) is 34.4 Å². The largest absolute Gasteiger partial charge is 0.255 e. The Morgan fingerprint density at radius 3 is 2.59 bits per heavy atom. The molecular weight excluding hydrogens is 226 g/mol. The minimum Gasteiger partial charge on any atom is -0.255 e. The molecule has 1 heterocycles. The van der Waals surface area contributed by atoms with E-state index in [1.54, 1.807) is 11.3 Å². The fourth-order valence-electron chi connectivity index (χ4n) is 1.76. The first-order chi connectivity index (χ1) is 8.42. The van der Waals surface area contributed by atoms with E-state index in [0.717, 1.165) is 5.69 Å². The highest BCUT2D eigenvalue weighted by Crippen LogP contribution is 2.21. The molecule has 1 nitrogen and oxygen atoms in total. The van der Waals surface area contributed by atoms with E-state index in [-0.39, 0.29) is 0 Å². The Hall–Kier alpha value is -1.93. The van der Waals surface area contributed by atoms with E-state index in [1.807, 2.05) is 18.3 Å². The molecule has 0 unspecified atom stereocenters. The summed E-state index contributed by atoms with van der Waals surface area (Å²) in [7, 11) is 0. The summed E-state index contributed by atoms with van der Waals surface area (Å²) in [4.78, 5) is 5.66. The summed E-state index contributed by atoms with van der Waals surface area (Å²) in [5, 5.41) is 4.54. The lowest BCUT2D eigenvalue weighted by atomic mass is 10.1. The number of hydrogen-bond donors (Lipinski definition) is 0. The van der Waals surface area contributed by atoms with E-state index in [2.05, 4.69) is 52.8 Å². The van der Waals surface area contributed by atoms with Crippen molar-refractivity contribution < 1.29 is 0 Å². The van der Waals surface area contributed by atoms with Crippen LogP contribution >= 0.6 is 11.3 Å². The lowest BCUT2D eigenvalue weighted by molar-refractivity contribution is 1.56. The van der Waals surface area contributed by atoms with E-state index in [4.69, 9.17) is 0 Å². The van der Waals surface area contributed by atoms with Gasteiger partial charge < -0.3 is 0 Å². The SMILES string of the molecule is C(=Nc1ccc2ccccc2c1)c1cccs1. The molecule has 0 bridgehead atoms. The molecule has 0 aliphatic carbocycles. The fourth-order valence-corrected chi connectivity index (χ4v) is 2.34. The molecule has 0 N–H and O–H groups in total. The lowest BCUT2D eigenvalue weighted by Crippen LogP contribution is -1.74. The maximum Gasteiger partial charge on any atom is 0.0636 e. The summed E-state index contributed by atoms with van der Waals surface area (Å²) < 4.78 is 0. The zero-order chi connectivity index (χ0) is 11.5. The van der Waals surface area contributed by atoms with Gasteiger partial charge in [0, 0.05) is 11.1 Å². The third-order valence-corrected chi connectivity index (χ3v) is 3.42. The Morgan fingerprint density at radius 1 is 0.882 bits per heavy atom. The molecule has 3 aromatic rings. The van der Waals surface area contributed by atoms with Crippen LogP contribution < -0.4 is 0 Å². The van der Waals surface area contributed by atoms with Gasteiger partial charge >= 0.3 is 0 Å². The first kappa shape index (κ1) is 10.2. The molecule has 3 rings (SSSR count). The number of hydrogen-bond acceptors (Lipinski definition) is 2. The summed E-state index contributed by atoms with van der Waals surface area (Å²) in [6, 6.07) is 18.7. The molecule has 0 spiro atoms. The molecular formula is C15H11NS. The third kappa shape index (κ3) is 2.27. The van der Waals surface area contributed by atoms with E-state index in [0.29, 0.717) is 0 Å². The van der Waals surface area contributed by atoms with Crippen LogP contribution in [-0.2, 0) is 0 Å². The summed E-state index contributed by atoms with van der Waals surface area (Å²) in [6.45, 7) is 0. The molecule has 17 heavy (non-hydrogen) atoms. The normalized spacial score (nSPS) is 11.3. The molecule has 0 saturated heterocycles. The van der Waals surface area contributed by atoms with Gasteiger partial charge in [-0.25, -0.2) is 0 Å². The Kier molecular flexibility index (Phi) is 2.72. The monoisotopic (exact) mass is 237 g/mol. The number of thiophene rings is 1. The van der Waals surface area contributed by atoms with Crippen molar-refractivity contribution in [2.45, 2.75) is 0 Å². The van der Waals surface area contributed by atoms with E-state index >= 15 is 0 Å². The molecule has 82 valence electrons. The Bertz CT molecular complexity index is 654. The number of benzene rings is 2. The highest BCUT2D eigenvalue weighted by molar-refractivity contribution is 7.11. The minimum atomic E-state index is 0.997. The Labute approximate surface area is 104 Å². The summed E-state index contributed by atoms with van der Waals surface area (Å²) in [5.74, 6) is 0. The van der Waals surface area contributed by atoms with E-state index in [9.17, 15) is 0 Å². The van der Waals surface area contributed by atoms with E-state index < -0.39 is 0 Å². The van der Waals surface area contributed by atoms with Gasteiger partial charge in [-0.15, -0.1) is 11.3 Å². The molecule has 0 atom stereocenters. The predicted octanol–water partition coefficient (Wildman–Crippen LogP) is 4.65. The van der Waals surface area contributed by atoms with Gasteiger partial charge in [0.2, 0.25) is 0 Å². The van der Waals surface area contributed by atoms with Gasteiger partial charge in [-0.2, -0.15) is 0 Å². The van der Waals surface area contributed by atoms with Gasteiger partial charge in [0.25, 0.3) is 0 Å². The predicted molar refractivity (Wildman–Crippen MR) is 75.5 cm³/mol. The maximum atomic E-state index is 4.48. The highest BCUT2D eigenvalue weighted by Gasteiger charge is 1.94. The number of fused-ring (bicyclic) bond motifs is 1. The Morgan fingerprint density at radius 2 is 1.76 bits per heavy atom. The number of rotatable bonds is 2. The van der Waals surface area contributed by atoms with Gasteiger partial charge in [0.15, 0.2) is 0 Å². The van der Waals surface area contributed by atoms with Gasteiger partial charge in [0.05, 0.1) is 5.69 Å². The van der Waals surface area contributed by atoms with Crippen LogP contribution in [0.25, 0.3) is 10.8 Å². The standard InChI is InChI=1S/C15H11NS/c1-2-5-13-10-14(8-7-12(13)4-1)16-11-15-6-3-9-17-15/h1-11H. The van der Waals surface area contributed by atoms with Crippen LogP contribution in [0.3, 0.4) is 0 Å². The fraction of sp³-hybridized carbons (Fsp3) is 0. The molecule has 1 aromatic heterocycles. The van der Waals surface area contributed by atoms with Crippen molar-refractivity contribution in [3.63, 3.8) is 0 Å². The third-order valence-electron chi connectivity index (χ3n) is 2.62. The summed E-state index contributed by atoms with van der Waals surface area (Å²) >= 11 is 1.70. The molecule has 0 aliphatic rings. The average Bonchev–Trinajstić information content (AvgIpc) is 2.89. The van der Waals surface area contributed by atoms with Crippen LogP contribution in [0.5, 0.6) is 0 Å². The minimum absolute atomic E-state index is 0.997. The zero-order valence-electron chi connectivity index (χ0n) is 9.21. The number of aliphatic imine (C=N–C) groups is 1. The highest BCUT2D eigenvalue weighted by atomic mass is 32.1. The molecule has 2 heteroatoms. The van der Waals surface area contributed by atoms with Crippen LogP contribution in [0.2, 0.25) is 0 Å². The van der Waals surface area contributed by atoms with Crippen LogP contribution in [0.4, 0.5) is 5.69 Å². The van der Waals surface area contributed by atoms with Crippen molar-refractivity contribution >= 4 is 34.0 Å². The first-order valence-corrected chi connectivity index (χ1v) is 6.36. The van der Waals surface area contributed by atoms with Gasteiger partial charge in [-0.3, -0.25) is 4.99 Å². The smallest absolute Gasteiger partial charge is 0.0636 e. The van der Waals surface area contributed by atoms with Crippen molar-refractivity contribution in [3.8, 4) is 0 Å². The van der Waals surface area contributed by atoms with Crippen molar-refractivity contribution in [2.24, 2.45) is 4.99 Å². The second-order valence-corrected chi connectivity index (χ2v) is 4.78. The topological polar surface area (TPSA) is 12.4 Å². The zero-order valence-corrected chi connectivity index (χ0v) is 10.0. The summed E-state index contributed by atoms with van der Waals surface area (Å²) in [6.07, 6.45) is 1.91. The molecule has 2 aromatic carbocycles. The first-order valence-electron chi connectivity index (χ1n) is 5.48. The molecule has 0 aliphatic heterocycles. The Balaban J connectivity index is 1.96. The molecule has 0 amide bonds. The maximum absolute atomic E-state index is 4.48. The van der Waals surface area contributed by atoms with Crippen LogP contribution in [0.1, 0.15) is 4.88 Å². The molecule has 0 fully saturated rings. The quantitative estimate of drug-likeness (QED) is 0.575. The van der Waals surface area contributed by atoms with E-state index in [1.165, 1.54) is 15.6 Å². The van der Waals surface area contributed by atoms with Crippen molar-refractivity contribution in [2.75, 3.05) is 0 Å². The summed E-state index contributed by atoms with van der Waals surface area (Å²) in [5.41, 5.74) is 0.997. The van der Waals surface area contributed by atoms with Crippen LogP contribution in [0.15, 0.2) is 65.0 Å². The van der Waals surface area contributed by atoms with Crippen molar-refractivity contribution in [3.05, 3.63) is 64.9 Å². The van der Waals surface area contributed by atoms with Crippen molar-refractivity contribution in [1.29, 1.82) is 0 Å². The molecule has 0 saturated carbocycles. The van der Waals surface area contributed by atoms with Gasteiger partial charge in [-0.1, -0.05) is 36.4 Å². The second-order valence-electron chi connectivity index (χ2n) is 3.81. The average molecular weight is 237 g/mol. The lowest BCUT2D eigenvalue weighted by Gasteiger charge is -1.98. The van der Waals surface area contributed by atoms with Gasteiger partial charge in [0.1, 0.15) is 0 Å². The molecule has 0 radical (unpaired) electrons. The van der Waals surface area contributed by atoms with Crippen LogP contribution in [-0.4, -0.2) is 6.21 Å². The second kappa shape index (κ2) is 4.52. The number of nitrogens with zero attached hydrogens (tertiary/aromatic N) is 1. The van der Waals surface area contributed by atoms with Crippen LogP contribution in [0, 0.1) is 0 Å². The van der Waals surface area contributed by atoms with Crippen molar-refractivity contribution in [1.82, 2.24) is 0 Å².